The fourth-order valence-electron chi connectivity index (χ4n) is 2.83. The lowest BCUT2D eigenvalue weighted by atomic mass is 10.0. The van der Waals surface area contributed by atoms with Crippen LogP contribution in [-0.4, -0.2) is 63.8 Å². The number of nitrogens with zero attached hydrogens (tertiary/aromatic N) is 2. The monoisotopic (exact) mass is 466 g/mol. The zero-order chi connectivity index (χ0) is 16.5. The van der Waals surface area contributed by atoms with E-state index in [1.54, 1.807) is 18.4 Å². The number of piperidine rings is 1. The highest BCUT2D eigenvalue weighted by Crippen LogP contribution is 2.17. The Morgan fingerprint density at radius 2 is 2.21 bits per heavy atom. The number of rotatable bonds is 7. The van der Waals surface area contributed by atoms with Gasteiger partial charge in [-0.15, -0.1) is 24.0 Å². The standard InChI is InChI=1S/C17H30N4OS.HI/c1-14(15-6-11-23-13-15)12-19-17(18-2)20-16-4-7-21(8-5-16)9-10-22-3;/h6,11,13-14,16H,4-5,7-10,12H2,1-3H3,(H2,18,19,20);1H. The van der Waals surface area contributed by atoms with E-state index in [2.05, 4.69) is 44.3 Å². The summed E-state index contributed by atoms with van der Waals surface area (Å²) < 4.78 is 5.15. The van der Waals surface area contributed by atoms with Crippen LogP contribution >= 0.6 is 35.3 Å². The first-order valence-corrected chi connectivity index (χ1v) is 9.37. The van der Waals surface area contributed by atoms with E-state index in [9.17, 15) is 0 Å². The van der Waals surface area contributed by atoms with E-state index >= 15 is 0 Å². The molecule has 1 aromatic heterocycles. The van der Waals surface area contributed by atoms with Crippen LogP contribution in [0.2, 0.25) is 0 Å². The highest BCUT2D eigenvalue weighted by Gasteiger charge is 2.19. The number of likely N-dealkylation sites (tertiary alicyclic amines) is 1. The molecule has 0 aromatic carbocycles. The Labute approximate surface area is 167 Å². The van der Waals surface area contributed by atoms with Crippen LogP contribution < -0.4 is 10.6 Å². The molecule has 1 aliphatic heterocycles. The van der Waals surface area contributed by atoms with Crippen molar-refractivity contribution in [1.82, 2.24) is 15.5 Å². The lowest BCUT2D eigenvalue weighted by Crippen LogP contribution is -2.49. The van der Waals surface area contributed by atoms with Gasteiger partial charge in [0.25, 0.3) is 0 Å². The second-order valence-electron chi connectivity index (χ2n) is 6.16. The van der Waals surface area contributed by atoms with Gasteiger partial charge in [0.1, 0.15) is 0 Å². The number of halogens is 1. The second kappa shape index (κ2) is 12.1. The quantitative estimate of drug-likeness (QED) is 0.369. The van der Waals surface area contributed by atoms with Crippen molar-refractivity contribution in [2.45, 2.75) is 31.7 Å². The molecule has 1 saturated heterocycles. The fourth-order valence-corrected chi connectivity index (χ4v) is 3.61. The highest BCUT2D eigenvalue weighted by molar-refractivity contribution is 14.0. The van der Waals surface area contributed by atoms with Crippen molar-refractivity contribution < 1.29 is 4.74 Å². The topological polar surface area (TPSA) is 48.9 Å². The molecule has 24 heavy (non-hydrogen) atoms. The molecule has 1 aromatic rings. The van der Waals surface area contributed by atoms with Crippen molar-refractivity contribution in [1.29, 1.82) is 0 Å². The lowest BCUT2D eigenvalue weighted by molar-refractivity contribution is 0.128. The lowest BCUT2D eigenvalue weighted by Gasteiger charge is -2.33. The van der Waals surface area contributed by atoms with Crippen LogP contribution in [0, 0.1) is 0 Å². The van der Waals surface area contributed by atoms with Crippen molar-refractivity contribution in [3.8, 4) is 0 Å². The minimum Gasteiger partial charge on any atom is -0.383 e. The third kappa shape index (κ3) is 7.25. The first-order valence-electron chi connectivity index (χ1n) is 8.43. The molecule has 2 heterocycles. The van der Waals surface area contributed by atoms with Crippen LogP contribution in [-0.2, 0) is 4.74 Å². The Balaban J connectivity index is 0.00000288. The molecule has 0 bridgehead atoms. The number of hydrogen-bond acceptors (Lipinski definition) is 4. The summed E-state index contributed by atoms with van der Waals surface area (Å²) in [7, 11) is 3.61. The SMILES string of the molecule is CN=C(NCC(C)c1ccsc1)NC1CCN(CCOC)CC1.I. The van der Waals surface area contributed by atoms with E-state index in [0.29, 0.717) is 12.0 Å². The number of guanidine groups is 1. The third-order valence-corrected chi connectivity index (χ3v) is 5.15. The van der Waals surface area contributed by atoms with E-state index in [-0.39, 0.29) is 24.0 Å². The smallest absolute Gasteiger partial charge is 0.191 e. The number of thiophene rings is 1. The molecule has 0 spiro atoms. The average molecular weight is 466 g/mol. The van der Waals surface area contributed by atoms with Gasteiger partial charge in [-0.3, -0.25) is 4.99 Å². The Bertz CT molecular complexity index is 461. The molecule has 1 fully saturated rings. The number of methoxy groups -OCH3 is 1. The molecule has 0 saturated carbocycles. The molecule has 0 amide bonds. The minimum atomic E-state index is 0. The second-order valence-corrected chi connectivity index (χ2v) is 6.94. The van der Waals surface area contributed by atoms with Gasteiger partial charge in [0.2, 0.25) is 0 Å². The molecule has 1 unspecified atom stereocenters. The first kappa shape index (κ1) is 21.7. The van der Waals surface area contributed by atoms with Gasteiger partial charge in [0.05, 0.1) is 6.61 Å². The van der Waals surface area contributed by atoms with Crippen LogP contribution in [0.25, 0.3) is 0 Å². The van der Waals surface area contributed by atoms with Crippen molar-refractivity contribution in [2.24, 2.45) is 4.99 Å². The zero-order valence-electron chi connectivity index (χ0n) is 15.0. The summed E-state index contributed by atoms with van der Waals surface area (Å²) in [5.41, 5.74) is 1.39. The van der Waals surface area contributed by atoms with Crippen molar-refractivity contribution >= 4 is 41.3 Å². The molecular formula is C17H31IN4OS. The van der Waals surface area contributed by atoms with Crippen molar-refractivity contribution in [3.63, 3.8) is 0 Å². The number of nitrogens with one attached hydrogen (secondary N) is 2. The zero-order valence-corrected chi connectivity index (χ0v) is 18.1. The van der Waals surface area contributed by atoms with Crippen LogP contribution in [0.4, 0.5) is 0 Å². The fraction of sp³-hybridized carbons (Fsp3) is 0.706. The van der Waals surface area contributed by atoms with Crippen LogP contribution in [0.1, 0.15) is 31.2 Å². The van der Waals surface area contributed by atoms with Gasteiger partial charge in [-0.25, -0.2) is 0 Å². The van der Waals surface area contributed by atoms with Crippen LogP contribution in [0.15, 0.2) is 21.8 Å². The summed E-state index contributed by atoms with van der Waals surface area (Å²) in [5.74, 6) is 1.41. The van der Waals surface area contributed by atoms with Gasteiger partial charge in [-0.2, -0.15) is 11.3 Å². The normalized spacial score (nSPS) is 18.0. The van der Waals surface area contributed by atoms with E-state index in [1.165, 1.54) is 5.56 Å². The summed E-state index contributed by atoms with van der Waals surface area (Å²) in [6, 6.07) is 2.71. The maximum absolute atomic E-state index is 5.15. The minimum absolute atomic E-state index is 0. The van der Waals surface area contributed by atoms with Gasteiger partial charge in [-0.1, -0.05) is 6.92 Å². The molecule has 7 heteroatoms. The molecule has 5 nitrogen and oxygen atoms in total. The van der Waals surface area contributed by atoms with Crippen molar-refractivity contribution in [3.05, 3.63) is 22.4 Å². The maximum atomic E-state index is 5.15. The summed E-state index contributed by atoms with van der Waals surface area (Å²) in [6.07, 6.45) is 2.31. The molecule has 1 atom stereocenters. The Hall–Kier alpha value is -0.380. The molecular weight excluding hydrogens is 435 g/mol. The van der Waals surface area contributed by atoms with Crippen LogP contribution in [0.5, 0.6) is 0 Å². The predicted octanol–water partition coefficient (Wildman–Crippen LogP) is 2.75. The Morgan fingerprint density at radius 1 is 1.46 bits per heavy atom. The molecule has 1 aliphatic rings. The van der Waals surface area contributed by atoms with E-state index < -0.39 is 0 Å². The Kier molecular flexibility index (Phi) is 10.9. The summed E-state index contributed by atoms with van der Waals surface area (Å²) in [5, 5.41) is 11.4. The van der Waals surface area contributed by atoms with Crippen molar-refractivity contribution in [2.75, 3.05) is 46.9 Å². The number of aliphatic imine (C=N–C) groups is 1. The highest BCUT2D eigenvalue weighted by atomic mass is 127. The van der Waals surface area contributed by atoms with Gasteiger partial charge in [-0.05, 0) is 41.1 Å². The average Bonchev–Trinajstić information content (AvgIpc) is 3.12. The van der Waals surface area contributed by atoms with Gasteiger partial charge < -0.3 is 20.3 Å². The summed E-state index contributed by atoms with van der Waals surface area (Å²) >= 11 is 1.75. The van der Waals surface area contributed by atoms with Gasteiger partial charge in [0, 0.05) is 46.4 Å². The first-order chi connectivity index (χ1) is 11.2. The summed E-state index contributed by atoms with van der Waals surface area (Å²) in [6.45, 7) is 7.27. The van der Waals surface area contributed by atoms with Gasteiger partial charge >= 0.3 is 0 Å². The Morgan fingerprint density at radius 3 is 2.79 bits per heavy atom. The number of ether oxygens (including phenoxy) is 1. The van der Waals surface area contributed by atoms with Gasteiger partial charge in [0.15, 0.2) is 5.96 Å². The molecule has 2 rings (SSSR count). The largest absolute Gasteiger partial charge is 0.383 e. The molecule has 0 radical (unpaired) electrons. The third-order valence-electron chi connectivity index (χ3n) is 4.45. The van der Waals surface area contributed by atoms with E-state index in [0.717, 1.165) is 51.6 Å². The summed E-state index contributed by atoms with van der Waals surface area (Å²) in [4.78, 5) is 6.84. The molecule has 0 aliphatic carbocycles. The predicted molar refractivity (Wildman–Crippen MR) is 114 cm³/mol. The molecule has 2 N–H and O–H groups in total. The molecule has 138 valence electrons. The number of hydrogen-bond donors (Lipinski definition) is 2. The van der Waals surface area contributed by atoms with E-state index in [1.807, 2.05) is 7.05 Å². The van der Waals surface area contributed by atoms with E-state index in [4.69, 9.17) is 4.74 Å². The maximum Gasteiger partial charge on any atom is 0.191 e. The van der Waals surface area contributed by atoms with Crippen LogP contribution in [0.3, 0.4) is 0 Å².